The molecule has 148 valence electrons. The number of nitro benzene ring substituents is 1. The minimum Gasteiger partial charge on any atom is -0.496 e. The molecule has 0 N–H and O–H groups in total. The van der Waals surface area contributed by atoms with Crippen LogP contribution in [0.5, 0.6) is 5.75 Å². The van der Waals surface area contributed by atoms with Gasteiger partial charge in [0.05, 0.1) is 36.9 Å². The molecular weight excluding hydrogens is 366 g/mol. The van der Waals surface area contributed by atoms with Crippen molar-refractivity contribution in [3.8, 4) is 5.75 Å². The number of aryl methyl sites for hydroxylation is 1. The zero-order valence-electron chi connectivity index (χ0n) is 16.3. The predicted molar refractivity (Wildman–Crippen MR) is 100 cm³/mol. The summed E-state index contributed by atoms with van der Waals surface area (Å²) in [6.07, 6.45) is 1.65. The smallest absolute Gasteiger partial charge is 0.338 e. The lowest BCUT2D eigenvalue weighted by atomic mass is 10.1. The van der Waals surface area contributed by atoms with Crippen LogP contribution in [0.25, 0.3) is 0 Å². The number of hydrogen-bond acceptors (Lipinski definition) is 7. The SMILES string of the molecule is COC(=O)c1cc(C(=O)N(C)Cc2ncc(C)c(OC)c2C)cc([N+](=O)[O-])c1. The molecule has 2 rings (SSSR count). The van der Waals surface area contributed by atoms with Crippen LogP contribution in [-0.2, 0) is 11.3 Å². The summed E-state index contributed by atoms with van der Waals surface area (Å²) in [4.78, 5) is 40.8. The van der Waals surface area contributed by atoms with E-state index in [-0.39, 0.29) is 23.4 Å². The monoisotopic (exact) mass is 387 g/mol. The van der Waals surface area contributed by atoms with E-state index < -0.39 is 16.8 Å². The van der Waals surface area contributed by atoms with Gasteiger partial charge in [-0.1, -0.05) is 0 Å². The van der Waals surface area contributed by atoms with Crippen molar-refractivity contribution in [2.24, 2.45) is 0 Å². The molecule has 0 saturated carbocycles. The van der Waals surface area contributed by atoms with Gasteiger partial charge in [-0.25, -0.2) is 4.79 Å². The highest BCUT2D eigenvalue weighted by atomic mass is 16.6. The van der Waals surface area contributed by atoms with Crippen LogP contribution in [-0.4, -0.2) is 48.0 Å². The van der Waals surface area contributed by atoms with Crippen LogP contribution in [0.2, 0.25) is 0 Å². The van der Waals surface area contributed by atoms with Crippen LogP contribution in [0.1, 0.15) is 37.5 Å². The van der Waals surface area contributed by atoms with Crippen molar-refractivity contribution in [2.45, 2.75) is 20.4 Å². The largest absolute Gasteiger partial charge is 0.496 e. The number of pyridine rings is 1. The first-order valence-corrected chi connectivity index (χ1v) is 8.31. The van der Waals surface area contributed by atoms with Gasteiger partial charge in [0.25, 0.3) is 11.6 Å². The number of aromatic nitrogens is 1. The van der Waals surface area contributed by atoms with Crippen LogP contribution in [0.15, 0.2) is 24.4 Å². The minimum atomic E-state index is -0.763. The van der Waals surface area contributed by atoms with E-state index in [1.165, 1.54) is 11.0 Å². The van der Waals surface area contributed by atoms with Crippen LogP contribution in [0, 0.1) is 24.0 Å². The number of hydrogen-bond donors (Lipinski definition) is 0. The summed E-state index contributed by atoms with van der Waals surface area (Å²) in [6.45, 7) is 3.88. The molecule has 0 aliphatic heterocycles. The van der Waals surface area contributed by atoms with Crippen LogP contribution in [0.4, 0.5) is 5.69 Å². The summed E-state index contributed by atoms with van der Waals surface area (Å²) in [7, 11) is 4.27. The highest BCUT2D eigenvalue weighted by Gasteiger charge is 2.21. The van der Waals surface area contributed by atoms with Crippen molar-refractivity contribution in [1.29, 1.82) is 0 Å². The number of non-ortho nitro benzene ring substituents is 1. The highest BCUT2D eigenvalue weighted by molar-refractivity contribution is 5.98. The lowest BCUT2D eigenvalue weighted by molar-refractivity contribution is -0.384. The van der Waals surface area contributed by atoms with E-state index >= 15 is 0 Å². The Hall–Kier alpha value is -3.49. The Morgan fingerprint density at radius 2 is 1.82 bits per heavy atom. The predicted octanol–water partition coefficient (Wildman–Crippen LogP) is 2.67. The number of rotatable bonds is 6. The van der Waals surface area contributed by atoms with Crippen LogP contribution in [0.3, 0.4) is 0 Å². The van der Waals surface area contributed by atoms with E-state index in [9.17, 15) is 19.7 Å². The Balaban J connectivity index is 2.36. The van der Waals surface area contributed by atoms with Gasteiger partial charge in [-0.15, -0.1) is 0 Å². The number of benzene rings is 1. The first-order chi connectivity index (χ1) is 13.2. The first kappa shape index (κ1) is 20.8. The summed E-state index contributed by atoms with van der Waals surface area (Å²) in [5, 5.41) is 11.2. The molecule has 9 nitrogen and oxygen atoms in total. The van der Waals surface area contributed by atoms with Gasteiger partial charge >= 0.3 is 5.97 Å². The number of amides is 1. The third-order valence-electron chi connectivity index (χ3n) is 4.28. The fourth-order valence-electron chi connectivity index (χ4n) is 2.82. The molecule has 0 radical (unpaired) electrons. The van der Waals surface area contributed by atoms with Crippen molar-refractivity contribution in [1.82, 2.24) is 9.88 Å². The maximum absolute atomic E-state index is 12.8. The Kier molecular flexibility index (Phi) is 6.29. The number of methoxy groups -OCH3 is 2. The van der Waals surface area contributed by atoms with E-state index in [1.54, 1.807) is 20.4 Å². The average molecular weight is 387 g/mol. The van der Waals surface area contributed by atoms with Gasteiger partial charge in [0.2, 0.25) is 0 Å². The first-order valence-electron chi connectivity index (χ1n) is 8.31. The summed E-state index contributed by atoms with van der Waals surface area (Å²) in [5.41, 5.74) is 1.88. The minimum absolute atomic E-state index is 0.00818. The van der Waals surface area contributed by atoms with E-state index in [0.29, 0.717) is 11.4 Å². The topological polar surface area (TPSA) is 112 Å². The van der Waals surface area contributed by atoms with Gasteiger partial charge in [-0.3, -0.25) is 19.9 Å². The molecular formula is C19H21N3O6. The van der Waals surface area contributed by atoms with Crippen molar-refractivity contribution >= 4 is 17.6 Å². The second-order valence-corrected chi connectivity index (χ2v) is 6.22. The molecule has 1 aromatic heterocycles. The van der Waals surface area contributed by atoms with Gasteiger partial charge in [-0.05, 0) is 19.9 Å². The van der Waals surface area contributed by atoms with Gasteiger partial charge in [-0.2, -0.15) is 0 Å². The Labute approximate surface area is 162 Å². The number of nitro groups is 1. The molecule has 2 aromatic rings. The van der Waals surface area contributed by atoms with Gasteiger partial charge in [0.15, 0.2) is 0 Å². The molecule has 1 heterocycles. The van der Waals surface area contributed by atoms with Crippen molar-refractivity contribution < 1.29 is 24.0 Å². The number of ether oxygens (including phenoxy) is 2. The third-order valence-corrected chi connectivity index (χ3v) is 4.28. The summed E-state index contributed by atoms with van der Waals surface area (Å²) < 4.78 is 9.97. The molecule has 0 aliphatic carbocycles. The quantitative estimate of drug-likeness (QED) is 0.425. The summed E-state index contributed by atoms with van der Waals surface area (Å²) >= 11 is 0. The lowest BCUT2D eigenvalue weighted by Crippen LogP contribution is -2.27. The third kappa shape index (κ3) is 4.25. The number of carbonyl (C=O) groups excluding carboxylic acids is 2. The summed E-state index contributed by atoms with van der Waals surface area (Å²) in [5.74, 6) is -0.565. The molecule has 0 fully saturated rings. The van der Waals surface area contributed by atoms with E-state index in [1.807, 2.05) is 13.8 Å². The molecule has 0 aliphatic rings. The standard InChI is InChI=1S/C19H21N3O6/c1-11-9-20-16(12(2)17(11)27-4)10-21(3)18(23)13-6-14(19(24)28-5)8-15(7-13)22(25)26/h6-9H,10H2,1-5H3. The maximum atomic E-state index is 12.8. The number of carbonyl (C=O) groups is 2. The van der Waals surface area contributed by atoms with E-state index in [2.05, 4.69) is 9.72 Å². The molecule has 0 spiro atoms. The summed E-state index contributed by atoms with van der Waals surface area (Å²) in [6, 6.07) is 3.47. The molecule has 0 atom stereocenters. The zero-order valence-corrected chi connectivity index (χ0v) is 16.3. The molecule has 1 aromatic carbocycles. The van der Waals surface area contributed by atoms with E-state index in [0.717, 1.165) is 30.4 Å². The molecule has 28 heavy (non-hydrogen) atoms. The van der Waals surface area contributed by atoms with Crippen LogP contribution < -0.4 is 4.74 Å². The maximum Gasteiger partial charge on any atom is 0.338 e. The average Bonchev–Trinajstić information content (AvgIpc) is 2.68. The Morgan fingerprint density at radius 3 is 2.39 bits per heavy atom. The molecule has 0 saturated heterocycles. The Morgan fingerprint density at radius 1 is 1.18 bits per heavy atom. The fraction of sp³-hybridized carbons (Fsp3) is 0.316. The number of esters is 1. The van der Waals surface area contributed by atoms with E-state index in [4.69, 9.17) is 4.74 Å². The number of nitrogens with zero attached hydrogens (tertiary/aromatic N) is 3. The van der Waals surface area contributed by atoms with Crippen molar-refractivity contribution in [2.75, 3.05) is 21.3 Å². The molecule has 0 unspecified atom stereocenters. The lowest BCUT2D eigenvalue weighted by Gasteiger charge is -2.19. The van der Waals surface area contributed by atoms with Crippen LogP contribution >= 0.6 is 0 Å². The van der Waals surface area contributed by atoms with Crippen molar-refractivity contribution in [3.05, 3.63) is 62.5 Å². The van der Waals surface area contributed by atoms with Crippen molar-refractivity contribution in [3.63, 3.8) is 0 Å². The van der Waals surface area contributed by atoms with Gasteiger partial charge < -0.3 is 14.4 Å². The molecule has 0 bridgehead atoms. The zero-order chi connectivity index (χ0) is 21.0. The second-order valence-electron chi connectivity index (χ2n) is 6.22. The molecule has 9 heteroatoms. The van der Waals surface area contributed by atoms with Gasteiger partial charge in [0, 0.05) is 42.1 Å². The fourth-order valence-corrected chi connectivity index (χ4v) is 2.82. The van der Waals surface area contributed by atoms with Gasteiger partial charge in [0.1, 0.15) is 5.75 Å². The second kappa shape index (κ2) is 8.47. The Bertz CT molecular complexity index is 942. The molecule has 1 amide bonds. The highest BCUT2D eigenvalue weighted by Crippen LogP contribution is 2.25. The normalized spacial score (nSPS) is 10.3.